The van der Waals surface area contributed by atoms with Gasteiger partial charge in [0, 0.05) is 29.8 Å². The standard InChI is InChI=1S/C23H28F2N4O4/c24-15-7-13(8-16(25)11-15)9-22(31)27-21-12-20(28-29-21)14-1-6-19(10-14)33-23(32)26-17-2-4-18(30)5-3-17/h7-8,11-12,14,17-19,30H,1-6,9-10H2,(H,26,32)(H2,27,28,29,31)/t14-,17-,18-,19?/m1/s1. The smallest absolute Gasteiger partial charge is 0.407 e. The van der Waals surface area contributed by atoms with E-state index in [-0.39, 0.29) is 36.2 Å². The first-order chi connectivity index (χ1) is 15.8. The fourth-order valence-corrected chi connectivity index (χ4v) is 4.60. The molecule has 1 heterocycles. The summed E-state index contributed by atoms with van der Waals surface area (Å²) in [7, 11) is 0. The number of carbonyl (C=O) groups is 2. The molecular formula is C23H28F2N4O4. The second-order valence-corrected chi connectivity index (χ2v) is 8.90. The molecule has 2 aliphatic carbocycles. The van der Waals surface area contributed by atoms with Crippen LogP contribution in [0, 0.1) is 11.6 Å². The van der Waals surface area contributed by atoms with E-state index in [0.29, 0.717) is 25.1 Å². The highest BCUT2D eigenvalue weighted by molar-refractivity contribution is 5.91. The molecule has 0 saturated heterocycles. The quantitative estimate of drug-likeness (QED) is 0.524. The summed E-state index contributed by atoms with van der Waals surface area (Å²) in [5, 5.41) is 22.1. The van der Waals surface area contributed by atoms with E-state index in [1.165, 1.54) is 0 Å². The summed E-state index contributed by atoms with van der Waals surface area (Å²) in [4.78, 5) is 24.4. The van der Waals surface area contributed by atoms with E-state index in [9.17, 15) is 23.5 Å². The molecule has 2 saturated carbocycles. The summed E-state index contributed by atoms with van der Waals surface area (Å²) in [5.41, 5.74) is 1.06. The molecule has 0 spiro atoms. The van der Waals surface area contributed by atoms with Crippen molar-refractivity contribution in [3.8, 4) is 0 Å². The van der Waals surface area contributed by atoms with E-state index in [2.05, 4.69) is 20.8 Å². The van der Waals surface area contributed by atoms with Crippen LogP contribution in [0.25, 0.3) is 0 Å². The Labute approximate surface area is 190 Å². The van der Waals surface area contributed by atoms with Gasteiger partial charge in [-0.25, -0.2) is 13.6 Å². The number of ether oxygens (including phenoxy) is 1. The SMILES string of the molecule is O=C(Cc1cc(F)cc(F)c1)Nc1cc([C@@H]2CCC(OC(=O)N[C@H]3CC[C@H](O)CC3)C2)[nH]n1. The van der Waals surface area contributed by atoms with Gasteiger partial charge in [-0.3, -0.25) is 9.89 Å². The highest BCUT2D eigenvalue weighted by Gasteiger charge is 2.31. The van der Waals surface area contributed by atoms with Crippen LogP contribution in [0.3, 0.4) is 0 Å². The van der Waals surface area contributed by atoms with Gasteiger partial charge < -0.3 is 20.5 Å². The van der Waals surface area contributed by atoms with Crippen molar-refractivity contribution in [1.29, 1.82) is 0 Å². The fourth-order valence-electron chi connectivity index (χ4n) is 4.60. The van der Waals surface area contributed by atoms with E-state index in [4.69, 9.17) is 4.74 Å². The van der Waals surface area contributed by atoms with Gasteiger partial charge >= 0.3 is 6.09 Å². The highest BCUT2D eigenvalue weighted by atomic mass is 19.1. The van der Waals surface area contributed by atoms with Crippen molar-refractivity contribution in [2.45, 2.75) is 75.5 Å². The molecule has 8 nitrogen and oxygen atoms in total. The second kappa shape index (κ2) is 10.3. The maximum Gasteiger partial charge on any atom is 0.407 e. The van der Waals surface area contributed by atoms with E-state index in [1.807, 2.05) is 0 Å². The topological polar surface area (TPSA) is 116 Å². The molecule has 2 fully saturated rings. The molecule has 0 radical (unpaired) electrons. The molecule has 1 aromatic carbocycles. The number of benzene rings is 1. The Hall–Kier alpha value is -3.01. The number of aliphatic hydroxyl groups excluding tert-OH is 1. The number of aromatic amines is 1. The van der Waals surface area contributed by atoms with E-state index in [1.54, 1.807) is 6.07 Å². The van der Waals surface area contributed by atoms with Gasteiger partial charge in [0.05, 0.1) is 12.5 Å². The third-order valence-electron chi connectivity index (χ3n) is 6.27. The first-order valence-electron chi connectivity index (χ1n) is 11.3. The maximum absolute atomic E-state index is 13.3. The minimum atomic E-state index is -0.732. The predicted octanol–water partition coefficient (Wildman–Crippen LogP) is 3.53. The maximum atomic E-state index is 13.3. The average molecular weight is 462 g/mol. The lowest BCUT2D eigenvalue weighted by Gasteiger charge is -2.26. The fraction of sp³-hybridized carbons (Fsp3) is 0.522. The molecule has 1 aromatic heterocycles. The second-order valence-electron chi connectivity index (χ2n) is 8.90. The van der Waals surface area contributed by atoms with Gasteiger partial charge in [0.1, 0.15) is 17.7 Å². The molecule has 0 aliphatic heterocycles. The average Bonchev–Trinajstić information content (AvgIpc) is 3.38. The number of anilines is 1. The monoisotopic (exact) mass is 462 g/mol. The lowest BCUT2D eigenvalue weighted by atomic mass is 9.93. The molecule has 10 heteroatoms. The van der Waals surface area contributed by atoms with Crippen molar-refractivity contribution in [3.63, 3.8) is 0 Å². The zero-order valence-corrected chi connectivity index (χ0v) is 18.2. The summed E-state index contributed by atoms with van der Waals surface area (Å²) in [6, 6.07) is 4.76. The van der Waals surface area contributed by atoms with Gasteiger partial charge in [0.2, 0.25) is 5.91 Å². The Morgan fingerprint density at radius 1 is 1.06 bits per heavy atom. The van der Waals surface area contributed by atoms with Crippen molar-refractivity contribution < 1.29 is 28.2 Å². The number of nitrogens with one attached hydrogen (secondary N) is 3. The number of rotatable bonds is 6. The molecule has 178 valence electrons. The Bertz CT molecular complexity index is 970. The van der Waals surface area contributed by atoms with Crippen LogP contribution in [0.1, 0.15) is 62.1 Å². The zero-order valence-electron chi connectivity index (χ0n) is 18.2. The van der Waals surface area contributed by atoms with Crippen LogP contribution in [0.2, 0.25) is 0 Å². The third-order valence-corrected chi connectivity index (χ3v) is 6.27. The number of hydrogen-bond acceptors (Lipinski definition) is 5. The normalized spacial score (nSPS) is 24.9. The Balaban J connectivity index is 1.23. The van der Waals surface area contributed by atoms with Gasteiger partial charge in [0.15, 0.2) is 5.82 Å². The molecule has 2 amide bonds. The van der Waals surface area contributed by atoms with Crippen LogP contribution < -0.4 is 10.6 Å². The number of amides is 2. The lowest BCUT2D eigenvalue weighted by Crippen LogP contribution is -2.40. The molecule has 2 aromatic rings. The van der Waals surface area contributed by atoms with Crippen LogP contribution in [0.4, 0.5) is 19.4 Å². The van der Waals surface area contributed by atoms with Gasteiger partial charge in [0.25, 0.3) is 0 Å². The van der Waals surface area contributed by atoms with Gasteiger partial charge in [-0.15, -0.1) is 0 Å². The minimum Gasteiger partial charge on any atom is -0.446 e. The van der Waals surface area contributed by atoms with Crippen LogP contribution in [0.5, 0.6) is 0 Å². The van der Waals surface area contributed by atoms with Gasteiger partial charge in [-0.05, 0) is 62.6 Å². The number of hydrogen-bond donors (Lipinski definition) is 4. The Morgan fingerprint density at radius 2 is 1.79 bits per heavy atom. The summed E-state index contributed by atoms with van der Waals surface area (Å²) >= 11 is 0. The minimum absolute atomic E-state index is 0.0424. The number of alkyl carbamates (subject to hydrolysis) is 1. The number of halogens is 2. The molecule has 1 unspecified atom stereocenters. The zero-order chi connectivity index (χ0) is 23.4. The Morgan fingerprint density at radius 3 is 2.52 bits per heavy atom. The summed E-state index contributed by atoms with van der Waals surface area (Å²) in [6.45, 7) is 0. The summed E-state index contributed by atoms with van der Waals surface area (Å²) in [5.74, 6) is -1.46. The van der Waals surface area contributed by atoms with Crippen LogP contribution in [-0.2, 0) is 16.0 Å². The Kier molecular flexibility index (Phi) is 7.22. The molecule has 4 N–H and O–H groups in total. The largest absolute Gasteiger partial charge is 0.446 e. The molecular weight excluding hydrogens is 434 g/mol. The molecule has 4 rings (SSSR count). The van der Waals surface area contributed by atoms with Crippen LogP contribution in [-0.4, -0.2) is 45.6 Å². The van der Waals surface area contributed by atoms with Gasteiger partial charge in [-0.2, -0.15) is 5.10 Å². The van der Waals surface area contributed by atoms with E-state index < -0.39 is 23.6 Å². The summed E-state index contributed by atoms with van der Waals surface area (Å²) in [6.07, 6.45) is 3.99. The number of aliphatic hydroxyl groups is 1. The van der Waals surface area contributed by atoms with E-state index >= 15 is 0 Å². The molecule has 2 aliphatic rings. The highest BCUT2D eigenvalue weighted by Crippen LogP contribution is 2.36. The first-order valence-corrected chi connectivity index (χ1v) is 11.3. The van der Waals surface area contributed by atoms with Crippen molar-refractivity contribution in [3.05, 3.63) is 47.2 Å². The number of H-pyrrole nitrogens is 1. The molecule has 2 atom stereocenters. The van der Waals surface area contributed by atoms with E-state index in [0.717, 1.165) is 49.6 Å². The predicted molar refractivity (Wildman–Crippen MR) is 116 cm³/mol. The van der Waals surface area contributed by atoms with Crippen molar-refractivity contribution in [2.75, 3.05) is 5.32 Å². The first kappa shape index (κ1) is 23.2. The lowest BCUT2D eigenvalue weighted by molar-refractivity contribution is -0.115. The van der Waals surface area contributed by atoms with Crippen molar-refractivity contribution >= 4 is 17.8 Å². The van der Waals surface area contributed by atoms with Crippen molar-refractivity contribution in [2.24, 2.45) is 0 Å². The van der Waals surface area contributed by atoms with Crippen LogP contribution in [0.15, 0.2) is 24.3 Å². The molecule has 33 heavy (non-hydrogen) atoms. The molecule has 0 bridgehead atoms. The third kappa shape index (κ3) is 6.50. The summed E-state index contributed by atoms with van der Waals surface area (Å²) < 4.78 is 32.2. The van der Waals surface area contributed by atoms with Crippen LogP contribution >= 0.6 is 0 Å². The number of nitrogens with zero attached hydrogens (tertiary/aromatic N) is 1. The number of aromatic nitrogens is 2. The number of carbonyl (C=O) groups excluding carboxylic acids is 2. The van der Waals surface area contributed by atoms with Crippen molar-refractivity contribution in [1.82, 2.24) is 15.5 Å². The van der Waals surface area contributed by atoms with Gasteiger partial charge in [-0.1, -0.05) is 0 Å².